The van der Waals surface area contributed by atoms with Gasteiger partial charge in [0.2, 0.25) is 5.78 Å². The summed E-state index contributed by atoms with van der Waals surface area (Å²) in [6.07, 6.45) is 2.69. The third-order valence-corrected chi connectivity index (χ3v) is 4.97. The summed E-state index contributed by atoms with van der Waals surface area (Å²) in [5.41, 5.74) is 1.23. The van der Waals surface area contributed by atoms with Gasteiger partial charge in [0.1, 0.15) is 17.3 Å². The maximum absolute atomic E-state index is 14.0. The Morgan fingerprint density at radius 2 is 2.14 bits per heavy atom. The quantitative estimate of drug-likeness (QED) is 0.771. The number of hydrogen-bond acceptors (Lipinski definition) is 5. The molecule has 1 fully saturated rings. The van der Waals surface area contributed by atoms with E-state index < -0.39 is 5.83 Å². The molecule has 1 aliphatic heterocycles. The summed E-state index contributed by atoms with van der Waals surface area (Å²) in [4.78, 5) is 24.0. The number of aromatic nitrogens is 2. The number of halogens is 1. The average Bonchev–Trinajstić information content (AvgIpc) is 2.67. The number of hydrogen-bond donors (Lipinski definition) is 1. The molecule has 1 atom stereocenters. The SMILES string of the molecule is C=C(F)c1ccc(N2CCN[C@@H](CC(C)C)C2)nc1C(=O)c1cccnc1C. The van der Waals surface area contributed by atoms with Crippen molar-refractivity contribution in [1.29, 1.82) is 0 Å². The van der Waals surface area contributed by atoms with Gasteiger partial charge in [-0.05, 0) is 43.5 Å². The highest BCUT2D eigenvalue weighted by Gasteiger charge is 2.24. The topological polar surface area (TPSA) is 58.1 Å². The van der Waals surface area contributed by atoms with Crippen LogP contribution < -0.4 is 10.2 Å². The molecule has 0 aliphatic carbocycles. The minimum absolute atomic E-state index is 0.0834. The number of pyridine rings is 2. The van der Waals surface area contributed by atoms with E-state index in [2.05, 4.69) is 40.6 Å². The van der Waals surface area contributed by atoms with Crippen molar-refractivity contribution in [2.75, 3.05) is 24.5 Å². The summed E-state index contributed by atoms with van der Waals surface area (Å²) in [6, 6.07) is 7.12. The summed E-state index contributed by atoms with van der Waals surface area (Å²) in [5.74, 6) is 0.274. The van der Waals surface area contributed by atoms with Gasteiger partial charge in [0.25, 0.3) is 0 Å². The van der Waals surface area contributed by atoms with Gasteiger partial charge in [-0.15, -0.1) is 0 Å². The van der Waals surface area contributed by atoms with Gasteiger partial charge in [0.05, 0.1) is 0 Å². The molecule has 3 rings (SSSR count). The van der Waals surface area contributed by atoms with Crippen LogP contribution in [0.4, 0.5) is 10.2 Å². The largest absolute Gasteiger partial charge is 0.354 e. The van der Waals surface area contributed by atoms with Crippen molar-refractivity contribution in [3.63, 3.8) is 0 Å². The van der Waals surface area contributed by atoms with Gasteiger partial charge < -0.3 is 10.2 Å². The number of rotatable bonds is 6. The molecule has 28 heavy (non-hydrogen) atoms. The molecule has 148 valence electrons. The Balaban J connectivity index is 1.95. The molecule has 5 nitrogen and oxygen atoms in total. The van der Waals surface area contributed by atoms with E-state index in [-0.39, 0.29) is 17.0 Å². The molecule has 0 radical (unpaired) electrons. The first kappa shape index (κ1) is 20.1. The van der Waals surface area contributed by atoms with E-state index in [9.17, 15) is 9.18 Å². The minimum atomic E-state index is -0.665. The average molecular weight is 382 g/mol. The van der Waals surface area contributed by atoms with Crippen LogP contribution in [-0.2, 0) is 0 Å². The van der Waals surface area contributed by atoms with Crippen molar-refractivity contribution >= 4 is 17.4 Å². The smallest absolute Gasteiger partial charge is 0.213 e. The lowest BCUT2D eigenvalue weighted by atomic mass is 10.0. The normalized spacial score (nSPS) is 17.0. The van der Waals surface area contributed by atoms with Gasteiger partial charge in [0, 0.05) is 48.7 Å². The molecule has 0 aromatic carbocycles. The molecule has 2 aromatic rings. The Bertz CT molecular complexity index is 881. The van der Waals surface area contributed by atoms with E-state index in [1.54, 1.807) is 37.4 Å². The second-order valence-corrected chi connectivity index (χ2v) is 7.66. The fourth-order valence-corrected chi connectivity index (χ4v) is 3.63. The van der Waals surface area contributed by atoms with E-state index in [1.807, 2.05) is 0 Å². The first-order valence-corrected chi connectivity index (χ1v) is 9.67. The number of anilines is 1. The number of carbonyl (C=O) groups is 1. The van der Waals surface area contributed by atoms with Crippen LogP contribution in [0.3, 0.4) is 0 Å². The van der Waals surface area contributed by atoms with Gasteiger partial charge in [-0.2, -0.15) is 0 Å². The lowest BCUT2D eigenvalue weighted by molar-refractivity contribution is 0.103. The molecule has 3 heterocycles. The molecule has 0 unspecified atom stereocenters. The molecule has 0 saturated carbocycles. The van der Waals surface area contributed by atoms with Crippen LogP contribution in [0.2, 0.25) is 0 Å². The van der Waals surface area contributed by atoms with Crippen molar-refractivity contribution in [3.05, 3.63) is 59.6 Å². The van der Waals surface area contributed by atoms with Crippen LogP contribution in [0.1, 0.15) is 47.6 Å². The maximum atomic E-state index is 14.0. The predicted octanol–water partition coefficient (Wildman–Crippen LogP) is 3.78. The van der Waals surface area contributed by atoms with Crippen LogP contribution in [0, 0.1) is 12.8 Å². The number of nitrogens with zero attached hydrogens (tertiary/aromatic N) is 3. The first-order chi connectivity index (χ1) is 13.4. The van der Waals surface area contributed by atoms with Crippen molar-refractivity contribution in [2.24, 2.45) is 5.92 Å². The molecule has 0 amide bonds. The number of aryl methyl sites for hydroxylation is 1. The molecular weight excluding hydrogens is 355 g/mol. The van der Waals surface area contributed by atoms with Crippen LogP contribution in [-0.4, -0.2) is 41.4 Å². The highest BCUT2D eigenvalue weighted by atomic mass is 19.1. The van der Waals surface area contributed by atoms with Gasteiger partial charge in [-0.3, -0.25) is 9.78 Å². The number of nitrogens with one attached hydrogen (secondary N) is 1. The molecule has 1 saturated heterocycles. The highest BCUT2D eigenvalue weighted by molar-refractivity contribution is 6.10. The summed E-state index contributed by atoms with van der Waals surface area (Å²) in [7, 11) is 0. The summed E-state index contributed by atoms with van der Waals surface area (Å²) in [5, 5.41) is 3.53. The fourth-order valence-electron chi connectivity index (χ4n) is 3.63. The van der Waals surface area contributed by atoms with Crippen molar-refractivity contribution in [3.8, 4) is 0 Å². The highest BCUT2D eigenvalue weighted by Crippen LogP contribution is 2.25. The second-order valence-electron chi connectivity index (χ2n) is 7.66. The zero-order chi connectivity index (χ0) is 20.3. The van der Waals surface area contributed by atoms with Crippen molar-refractivity contribution in [2.45, 2.75) is 33.2 Å². The Hall–Kier alpha value is -2.60. The Morgan fingerprint density at radius 3 is 2.82 bits per heavy atom. The van der Waals surface area contributed by atoms with E-state index in [1.165, 1.54) is 0 Å². The summed E-state index contributed by atoms with van der Waals surface area (Å²) < 4.78 is 14.0. The zero-order valence-corrected chi connectivity index (χ0v) is 16.7. The minimum Gasteiger partial charge on any atom is -0.354 e. The van der Waals surface area contributed by atoms with E-state index >= 15 is 0 Å². The van der Waals surface area contributed by atoms with Gasteiger partial charge in [0.15, 0.2) is 0 Å². The number of ketones is 1. The Labute approximate surface area is 165 Å². The van der Waals surface area contributed by atoms with E-state index in [4.69, 9.17) is 0 Å². The van der Waals surface area contributed by atoms with Crippen LogP contribution in [0.25, 0.3) is 5.83 Å². The van der Waals surface area contributed by atoms with Crippen LogP contribution >= 0.6 is 0 Å². The molecule has 0 bridgehead atoms. The molecule has 6 heteroatoms. The Morgan fingerprint density at radius 1 is 1.36 bits per heavy atom. The summed E-state index contributed by atoms with van der Waals surface area (Å²) >= 11 is 0. The van der Waals surface area contributed by atoms with Gasteiger partial charge in [-0.1, -0.05) is 20.4 Å². The van der Waals surface area contributed by atoms with E-state index in [0.717, 1.165) is 26.1 Å². The monoisotopic (exact) mass is 382 g/mol. The van der Waals surface area contributed by atoms with E-state index in [0.29, 0.717) is 29.0 Å². The molecule has 1 N–H and O–H groups in total. The number of piperazine rings is 1. The van der Waals surface area contributed by atoms with Crippen molar-refractivity contribution < 1.29 is 9.18 Å². The molecule has 0 spiro atoms. The fraction of sp³-hybridized carbons (Fsp3) is 0.409. The third kappa shape index (κ3) is 4.44. The third-order valence-electron chi connectivity index (χ3n) is 4.97. The zero-order valence-electron chi connectivity index (χ0n) is 16.7. The molecule has 1 aliphatic rings. The lowest BCUT2D eigenvalue weighted by Gasteiger charge is -2.35. The first-order valence-electron chi connectivity index (χ1n) is 9.67. The van der Waals surface area contributed by atoms with Gasteiger partial charge in [-0.25, -0.2) is 9.37 Å². The second kappa shape index (κ2) is 8.61. The van der Waals surface area contributed by atoms with Gasteiger partial charge >= 0.3 is 0 Å². The molecular formula is C22H27FN4O. The number of carbonyl (C=O) groups excluding carboxylic acids is 1. The standard InChI is InChI=1S/C22H27FN4O/c1-14(2)12-17-13-27(11-10-25-17)20-8-7-18(15(3)23)21(26-20)22(28)19-6-5-9-24-16(19)4/h5-9,14,17,25H,3,10-13H2,1-2,4H3/t17-/m0/s1. The van der Waals surface area contributed by atoms with Crippen LogP contribution in [0.15, 0.2) is 37.0 Å². The van der Waals surface area contributed by atoms with Crippen LogP contribution in [0.5, 0.6) is 0 Å². The Kier molecular flexibility index (Phi) is 6.19. The summed E-state index contributed by atoms with van der Waals surface area (Å²) in [6.45, 7) is 12.0. The maximum Gasteiger partial charge on any atom is 0.213 e. The molecule has 2 aromatic heterocycles. The van der Waals surface area contributed by atoms with Crippen molar-refractivity contribution in [1.82, 2.24) is 15.3 Å². The predicted molar refractivity (Wildman–Crippen MR) is 110 cm³/mol. The lowest BCUT2D eigenvalue weighted by Crippen LogP contribution is -2.51.